The highest BCUT2D eigenvalue weighted by molar-refractivity contribution is 5.82. The number of rotatable bonds is 4. The van der Waals surface area contributed by atoms with Crippen LogP contribution in [0.4, 0.5) is 0 Å². The lowest BCUT2D eigenvalue weighted by Crippen LogP contribution is -2.48. The van der Waals surface area contributed by atoms with Crippen molar-refractivity contribution in [2.24, 2.45) is 5.92 Å². The average molecular weight is 290 g/mol. The van der Waals surface area contributed by atoms with Crippen molar-refractivity contribution >= 4 is 5.91 Å². The SMILES string of the molecule is O=C(C1CCNN1)N1CCC(COc2ccccn2)CC1. The number of amides is 1. The summed E-state index contributed by atoms with van der Waals surface area (Å²) in [6, 6.07) is 5.62. The normalized spacial score (nSPS) is 23.2. The van der Waals surface area contributed by atoms with E-state index in [1.165, 1.54) is 0 Å². The molecule has 21 heavy (non-hydrogen) atoms. The first kappa shape index (κ1) is 14.3. The quantitative estimate of drug-likeness (QED) is 0.848. The van der Waals surface area contributed by atoms with Gasteiger partial charge in [-0.15, -0.1) is 0 Å². The summed E-state index contributed by atoms with van der Waals surface area (Å²) in [6.07, 6.45) is 4.61. The van der Waals surface area contributed by atoms with Gasteiger partial charge in [-0.2, -0.15) is 0 Å². The summed E-state index contributed by atoms with van der Waals surface area (Å²) in [6.45, 7) is 3.20. The highest BCUT2D eigenvalue weighted by Crippen LogP contribution is 2.19. The largest absolute Gasteiger partial charge is 0.477 e. The van der Waals surface area contributed by atoms with Gasteiger partial charge in [-0.1, -0.05) is 6.07 Å². The molecule has 2 aliphatic heterocycles. The first-order valence-corrected chi connectivity index (χ1v) is 7.64. The van der Waals surface area contributed by atoms with Gasteiger partial charge in [0.05, 0.1) is 6.61 Å². The van der Waals surface area contributed by atoms with Gasteiger partial charge in [-0.3, -0.25) is 10.2 Å². The number of aromatic nitrogens is 1. The number of pyridine rings is 1. The second kappa shape index (κ2) is 6.87. The molecule has 0 aromatic carbocycles. The lowest BCUT2D eigenvalue weighted by atomic mass is 9.97. The molecule has 0 aliphatic carbocycles. The molecule has 3 rings (SSSR count). The Hall–Kier alpha value is -1.66. The third kappa shape index (κ3) is 3.71. The highest BCUT2D eigenvalue weighted by Gasteiger charge is 2.29. The van der Waals surface area contributed by atoms with Gasteiger partial charge >= 0.3 is 0 Å². The zero-order chi connectivity index (χ0) is 14.5. The minimum atomic E-state index is -0.0497. The van der Waals surface area contributed by atoms with Gasteiger partial charge in [0.15, 0.2) is 0 Å². The number of carbonyl (C=O) groups excluding carboxylic acids is 1. The monoisotopic (exact) mass is 290 g/mol. The summed E-state index contributed by atoms with van der Waals surface area (Å²) in [5, 5.41) is 0. The topological polar surface area (TPSA) is 66.5 Å². The summed E-state index contributed by atoms with van der Waals surface area (Å²) >= 11 is 0. The molecule has 6 heteroatoms. The van der Waals surface area contributed by atoms with Crippen LogP contribution in [0.5, 0.6) is 5.88 Å². The Morgan fingerprint density at radius 2 is 2.19 bits per heavy atom. The number of nitrogens with zero attached hydrogens (tertiary/aromatic N) is 2. The molecule has 0 bridgehead atoms. The van der Waals surface area contributed by atoms with Crippen molar-refractivity contribution in [3.05, 3.63) is 24.4 Å². The fourth-order valence-corrected chi connectivity index (χ4v) is 2.85. The lowest BCUT2D eigenvalue weighted by Gasteiger charge is -2.33. The van der Waals surface area contributed by atoms with Crippen LogP contribution in [0.1, 0.15) is 19.3 Å². The second-order valence-electron chi connectivity index (χ2n) is 5.66. The summed E-state index contributed by atoms with van der Waals surface area (Å²) in [4.78, 5) is 18.4. The molecular formula is C15H22N4O2. The molecule has 1 aromatic rings. The number of hydrogen-bond acceptors (Lipinski definition) is 5. The summed E-state index contributed by atoms with van der Waals surface area (Å²) in [5.74, 6) is 1.41. The van der Waals surface area contributed by atoms with Crippen LogP contribution in [-0.2, 0) is 4.79 Å². The van der Waals surface area contributed by atoms with Crippen LogP contribution < -0.4 is 15.6 Å². The Morgan fingerprint density at radius 1 is 1.33 bits per heavy atom. The van der Waals surface area contributed by atoms with Crippen molar-refractivity contribution in [1.29, 1.82) is 0 Å². The van der Waals surface area contributed by atoms with Crippen molar-refractivity contribution in [1.82, 2.24) is 20.7 Å². The zero-order valence-corrected chi connectivity index (χ0v) is 12.1. The Morgan fingerprint density at radius 3 is 2.86 bits per heavy atom. The maximum atomic E-state index is 12.3. The van der Waals surface area contributed by atoms with E-state index < -0.39 is 0 Å². The van der Waals surface area contributed by atoms with Crippen LogP contribution >= 0.6 is 0 Å². The van der Waals surface area contributed by atoms with E-state index in [-0.39, 0.29) is 11.9 Å². The standard InChI is InChI=1S/C15H22N4O2/c20-15(13-4-8-17-18-13)19-9-5-12(6-10-19)11-21-14-3-1-2-7-16-14/h1-3,7,12-13,17-18H,4-6,8-11H2. The molecule has 1 unspecified atom stereocenters. The van der Waals surface area contributed by atoms with Crippen LogP contribution in [0.2, 0.25) is 0 Å². The van der Waals surface area contributed by atoms with Gasteiger partial charge in [0.2, 0.25) is 11.8 Å². The zero-order valence-electron chi connectivity index (χ0n) is 12.1. The molecule has 1 aromatic heterocycles. The first-order chi connectivity index (χ1) is 10.3. The third-order valence-corrected chi connectivity index (χ3v) is 4.16. The van der Waals surface area contributed by atoms with Crippen LogP contribution in [0.15, 0.2) is 24.4 Å². The molecular weight excluding hydrogens is 268 g/mol. The molecule has 2 aliphatic rings. The molecule has 1 atom stereocenters. The summed E-state index contributed by atoms with van der Waals surface area (Å²) in [5.41, 5.74) is 6.05. The third-order valence-electron chi connectivity index (χ3n) is 4.16. The van der Waals surface area contributed by atoms with E-state index in [9.17, 15) is 4.79 Å². The Bertz CT molecular complexity index is 454. The Balaban J connectivity index is 1.41. The number of carbonyl (C=O) groups is 1. The molecule has 2 saturated heterocycles. The molecule has 1 amide bonds. The number of hydrazine groups is 1. The lowest BCUT2D eigenvalue weighted by molar-refractivity contribution is -0.134. The van der Waals surface area contributed by atoms with E-state index in [1.807, 2.05) is 23.1 Å². The molecule has 0 spiro atoms. The van der Waals surface area contributed by atoms with E-state index in [0.29, 0.717) is 18.4 Å². The maximum Gasteiger partial charge on any atom is 0.241 e. The van der Waals surface area contributed by atoms with E-state index in [4.69, 9.17) is 4.74 Å². The van der Waals surface area contributed by atoms with Gasteiger partial charge in [0.1, 0.15) is 6.04 Å². The van der Waals surface area contributed by atoms with E-state index >= 15 is 0 Å². The molecule has 114 valence electrons. The second-order valence-corrected chi connectivity index (χ2v) is 5.66. The van der Waals surface area contributed by atoms with E-state index in [0.717, 1.165) is 38.9 Å². The van der Waals surface area contributed by atoms with Crippen molar-refractivity contribution in [3.8, 4) is 5.88 Å². The minimum Gasteiger partial charge on any atom is -0.477 e. The van der Waals surface area contributed by atoms with Crippen LogP contribution in [0.25, 0.3) is 0 Å². The summed E-state index contributed by atoms with van der Waals surface area (Å²) in [7, 11) is 0. The number of hydrogen-bond donors (Lipinski definition) is 2. The molecule has 3 heterocycles. The fraction of sp³-hybridized carbons (Fsp3) is 0.600. The van der Waals surface area contributed by atoms with Crippen LogP contribution in [0, 0.1) is 5.92 Å². The smallest absolute Gasteiger partial charge is 0.241 e. The van der Waals surface area contributed by atoms with Crippen molar-refractivity contribution < 1.29 is 9.53 Å². The van der Waals surface area contributed by atoms with E-state index in [2.05, 4.69) is 15.8 Å². The molecule has 2 fully saturated rings. The molecule has 0 radical (unpaired) electrons. The Kier molecular flexibility index (Phi) is 4.67. The number of likely N-dealkylation sites (tertiary alicyclic amines) is 1. The van der Waals surface area contributed by atoms with E-state index in [1.54, 1.807) is 6.20 Å². The van der Waals surface area contributed by atoms with Gasteiger partial charge in [0, 0.05) is 31.9 Å². The van der Waals surface area contributed by atoms with Gasteiger partial charge < -0.3 is 9.64 Å². The predicted molar refractivity (Wildman–Crippen MR) is 78.6 cm³/mol. The van der Waals surface area contributed by atoms with Gasteiger partial charge in [-0.05, 0) is 31.2 Å². The molecule has 6 nitrogen and oxygen atoms in total. The Labute approximate surface area is 124 Å². The number of nitrogens with one attached hydrogen (secondary N) is 2. The average Bonchev–Trinajstić information content (AvgIpc) is 3.08. The fourth-order valence-electron chi connectivity index (χ4n) is 2.85. The minimum absolute atomic E-state index is 0.0497. The van der Waals surface area contributed by atoms with Crippen LogP contribution in [0.3, 0.4) is 0 Å². The summed E-state index contributed by atoms with van der Waals surface area (Å²) < 4.78 is 5.70. The predicted octanol–water partition coefficient (Wildman–Crippen LogP) is 0.565. The van der Waals surface area contributed by atoms with Crippen LogP contribution in [-0.4, -0.2) is 48.1 Å². The molecule has 2 N–H and O–H groups in total. The molecule has 0 saturated carbocycles. The maximum absolute atomic E-state index is 12.3. The van der Waals surface area contributed by atoms with Gasteiger partial charge in [0.25, 0.3) is 0 Å². The first-order valence-electron chi connectivity index (χ1n) is 7.64. The number of ether oxygens (including phenoxy) is 1. The highest BCUT2D eigenvalue weighted by atomic mass is 16.5. The van der Waals surface area contributed by atoms with Crippen molar-refractivity contribution in [3.63, 3.8) is 0 Å². The van der Waals surface area contributed by atoms with Crippen molar-refractivity contribution in [2.75, 3.05) is 26.2 Å². The number of piperidine rings is 1. The van der Waals surface area contributed by atoms with Gasteiger partial charge in [-0.25, -0.2) is 10.4 Å². The van der Waals surface area contributed by atoms with Crippen molar-refractivity contribution in [2.45, 2.75) is 25.3 Å².